The van der Waals surface area contributed by atoms with Crippen molar-refractivity contribution in [1.29, 1.82) is 0 Å². The molecule has 0 aliphatic carbocycles. The van der Waals surface area contributed by atoms with E-state index < -0.39 is 4.92 Å². The normalized spacial score (nSPS) is 17.3. The van der Waals surface area contributed by atoms with Gasteiger partial charge in [0, 0.05) is 12.5 Å². The van der Waals surface area contributed by atoms with E-state index in [1.165, 1.54) is 6.07 Å². The van der Waals surface area contributed by atoms with E-state index in [0.29, 0.717) is 5.56 Å². The van der Waals surface area contributed by atoms with Gasteiger partial charge in [0.1, 0.15) is 5.75 Å². The largest absolute Gasteiger partial charge is 0.465 e. The van der Waals surface area contributed by atoms with Gasteiger partial charge in [0.05, 0.1) is 23.7 Å². The average Bonchev–Trinajstić information content (AvgIpc) is 2.68. The molecule has 0 amide bonds. The molecule has 0 spiro atoms. The predicted molar refractivity (Wildman–Crippen MR) is 98.6 cm³/mol. The highest BCUT2D eigenvalue weighted by Crippen LogP contribution is 2.23. The maximum Gasteiger partial charge on any atom is 0.274 e. The van der Waals surface area contributed by atoms with Crippen molar-refractivity contribution in [3.05, 3.63) is 69.3 Å². The molecular formula is C20H21NO5. The van der Waals surface area contributed by atoms with Gasteiger partial charge >= 0.3 is 0 Å². The van der Waals surface area contributed by atoms with Crippen LogP contribution in [-0.4, -0.2) is 22.9 Å². The van der Waals surface area contributed by atoms with Gasteiger partial charge < -0.3 is 14.6 Å². The second kappa shape index (κ2) is 8.60. The van der Waals surface area contributed by atoms with E-state index in [0.717, 1.165) is 42.7 Å². The fraction of sp³-hybridized carbons (Fsp3) is 0.300. The van der Waals surface area contributed by atoms with Crippen molar-refractivity contribution >= 4 is 17.8 Å². The van der Waals surface area contributed by atoms with Gasteiger partial charge in [-0.15, -0.1) is 0 Å². The zero-order chi connectivity index (χ0) is 18.4. The Hall–Kier alpha value is -2.70. The Labute approximate surface area is 151 Å². The van der Waals surface area contributed by atoms with Crippen LogP contribution in [0.1, 0.15) is 36.0 Å². The summed E-state index contributed by atoms with van der Waals surface area (Å²) < 4.78 is 11.4. The maximum absolute atomic E-state index is 10.9. The van der Waals surface area contributed by atoms with E-state index in [1.54, 1.807) is 12.1 Å². The Morgan fingerprint density at radius 3 is 2.54 bits per heavy atom. The van der Waals surface area contributed by atoms with Crippen molar-refractivity contribution in [3.63, 3.8) is 0 Å². The first-order valence-corrected chi connectivity index (χ1v) is 8.60. The second-order valence-electron chi connectivity index (χ2n) is 6.12. The SMILES string of the molecule is O=[N+]([O-])c1ccc(/C=C/c2ccc(OC3CCCCO3)cc2)cc1CO. The summed E-state index contributed by atoms with van der Waals surface area (Å²) in [6, 6.07) is 12.4. The van der Waals surface area contributed by atoms with Crippen LogP contribution in [0.2, 0.25) is 0 Å². The Bertz CT molecular complexity index is 779. The van der Waals surface area contributed by atoms with Crippen LogP contribution in [0, 0.1) is 10.1 Å². The van der Waals surface area contributed by atoms with Crippen molar-refractivity contribution < 1.29 is 19.5 Å². The van der Waals surface area contributed by atoms with E-state index in [4.69, 9.17) is 9.47 Å². The van der Waals surface area contributed by atoms with Crippen LogP contribution in [0.3, 0.4) is 0 Å². The number of nitro groups is 1. The number of hydrogen-bond acceptors (Lipinski definition) is 5. The molecule has 1 unspecified atom stereocenters. The van der Waals surface area contributed by atoms with Crippen molar-refractivity contribution in [2.45, 2.75) is 32.2 Å². The summed E-state index contributed by atoms with van der Waals surface area (Å²) in [5, 5.41) is 20.2. The lowest BCUT2D eigenvalue weighted by molar-refractivity contribution is -0.385. The molecule has 1 saturated heterocycles. The summed E-state index contributed by atoms with van der Waals surface area (Å²) >= 11 is 0. The average molecular weight is 355 g/mol. The molecule has 0 bridgehead atoms. The Morgan fingerprint density at radius 2 is 1.88 bits per heavy atom. The maximum atomic E-state index is 10.9. The molecule has 2 aromatic carbocycles. The minimum Gasteiger partial charge on any atom is -0.465 e. The molecule has 6 nitrogen and oxygen atoms in total. The molecule has 1 aliphatic rings. The fourth-order valence-electron chi connectivity index (χ4n) is 2.82. The first-order chi connectivity index (χ1) is 12.7. The number of nitro benzene ring substituents is 1. The van der Waals surface area contributed by atoms with Crippen molar-refractivity contribution in [1.82, 2.24) is 0 Å². The monoisotopic (exact) mass is 355 g/mol. The minimum absolute atomic E-state index is 0.0731. The van der Waals surface area contributed by atoms with Crippen LogP contribution in [0.4, 0.5) is 5.69 Å². The molecule has 0 aromatic heterocycles. The number of aliphatic hydroxyl groups excluding tert-OH is 1. The molecular weight excluding hydrogens is 334 g/mol. The summed E-state index contributed by atoms with van der Waals surface area (Å²) in [6.07, 6.45) is 6.71. The molecule has 1 fully saturated rings. The fourth-order valence-corrected chi connectivity index (χ4v) is 2.82. The Balaban J connectivity index is 1.65. The number of aliphatic hydroxyl groups is 1. The lowest BCUT2D eigenvalue weighted by Crippen LogP contribution is -2.24. The molecule has 1 heterocycles. The van der Waals surface area contributed by atoms with Gasteiger partial charge in [-0.2, -0.15) is 0 Å². The van der Waals surface area contributed by atoms with Gasteiger partial charge in [-0.05, 0) is 48.2 Å². The van der Waals surface area contributed by atoms with Crippen LogP contribution in [0.15, 0.2) is 42.5 Å². The first-order valence-electron chi connectivity index (χ1n) is 8.60. The van der Waals surface area contributed by atoms with E-state index >= 15 is 0 Å². The van der Waals surface area contributed by atoms with E-state index in [-0.39, 0.29) is 18.6 Å². The second-order valence-corrected chi connectivity index (χ2v) is 6.12. The number of benzene rings is 2. The smallest absolute Gasteiger partial charge is 0.274 e. The standard InChI is InChI=1S/C20H21NO5/c22-14-17-13-16(8-11-19(17)21(23)24)5-4-15-6-9-18(10-7-15)26-20-3-1-2-12-25-20/h4-11,13,20,22H,1-3,12,14H2/b5-4+. The third-order valence-electron chi connectivity index (χ3n) is 4.22. The van der Waals surface area contributed by atoms with Crippen LogP contribution < -0.4 is 4.74 Å². The van der Waals surface area contributed by atoms with Crippen molar-refractivity contribution in [2.24, 2.45) is 0 Å². The van der Waals surface area contributed by atoms with Gasteiger partial charge in [-0.1, -0.05) is 24.3 Å². The molecule has 3 rings (SSSR count). The highest BCUT2D eigenvalue weighted by atomic mass is 16.7. The molecule has 0 saturated carbocycles. The summed E-state index contributed by atoms with van der Waals surface area (Å²) in [5.74, 6) is 0.770. The molecule has 26 heavy (non-hydrogen) atoms. The lowest BCUT2D eigenvalue weighted by atomic mass is 10.1. The van der Waals surface area contributed by atoms with Gasteiger partial charge in [0.2, 0.25) is 0 Å². The van der Waals surface area contributed by atoms with Crippen molar-refractivity contribution in [3.8, 4) is 5.75 Å². The third kappa shape index (κ3) is 4.68. The van der Waals surface area contributed by atoms with Gasteiger partial charge in [0.25, 0.3) is 5.69 Å². The molecule has 1 N–H and O–H groups in total. The number of rotatable bonds is 6. The Kier molecular flexibility index (Phi) is 5.99. The number of hydrogen-bond donors (Lipinski definition) is 1. The molecule has 0 radical (unpaired) electrons. The highest BCUT2D eigenvalue weighted by Gasteiger charge is 2.15. The molecule has 1 aliphatic heterocycles. The molecule has 136 valence electrons. The summed E-state index contributed by atoms with van der Waals surface area (Å²) in [7, 11) is 0. The van der Waals surface area contributed by atoms with Crippen LogP contribution in [0.25, 0.3) is 12.2 Å². The zero-order valence-corrected chi connectivity index (χ0v) is 14.3. The van der Waals surface area contributed by atoms with Crippen LogP contribution in [0.5, 0.6) is 5.75 Å². The molecule has 2 aromatic rings. The quantitative estimate of drug-likeness (QED) is 0.478. The zero-order valence-electron chi connectivity index (χ0n) is 14.3. The topological polar surface area (TPSA) is 81.8 Å². The summed E-state index contributed by atoms with van der Waals surface area (Å²) in [5.41, 5.74) is 1.99. The van der Waals surface area contributed by atoms with E-state index in [9.17, 15) is 15.2 Å². The van der Waals surface area contributed by atoms with Crippen LogP contribution >= 0.6 is 0 Å². The molecule has 1 atom stereocenters. The number of ether oxygens (including phenoxy) is 2. The first kappa shape index (κ1) is 18.1. The van der Waals surface area contributed by atoms with Crippen molar-refractivity contribution in [2.75, 3.05) is 6.61 Å². The predicted octanol–water partition coefficient (Wildman–Crippen LogP) is 4.16. The third-order valence-corrected chi connectivity index (χ3v) is 4.22. The number of nitrogens with zero attached hydrogens (tertiary/aromatic N) is 1. The summed E-state index contributed by atoms with van der Waals surface area (Å²) in [4.78, 5) is 10.4. The van der Waals surface area contributed by atoms with Gasteiger partial charge in [0.15, 0.2) is 6.29 Å². The van der Waals surface area contributed by atoms with Crippen LogP contribution in [-0.2, 0) is 11.3 Å². The van der Waals surface area contributed by atoms with E-state index in [2.05, 4.69) is 0 Å². The summed E-state index contributed by atoms with van der Waals surface area (Å²) in [6.45, 7) is 0.379. The van der Waals surface area contributed by atoms with E-state index in [1.807, 2.05) is 36.4 Å². The minimum atomic E-state index is -0.492. The highest BCUT2D eigenvalue weighted by molar-refractivity contribution is 5.70. The molecule has 6 heteroatoms. The lowest BCUT2D eigenvalue weighted by Gasteiger charge is -2.23. The van der Waals surface area contributed by atoms with Gasteiger partial charge in [-0.3, -0.25) is 10.1 Å². The Morgan fingerprint density at radius 1 is 1.15 bits per heavy atom. The van der Waals surface area contributed by atoms with Gasteiger partial charge in [-0.25, -0.2) is 0 Å².